The van der Waals surface area contributed by atoms with E-state index in [-0.39, 0.29) is 19.3 Å². The second-order valence-electron chi connectivity index (χ2n) is 4.09. The third kappa shape index (κ3) is 2.68. The van der Waals surface area contributed by atoms with E-state index < -0.39 is 35.7 Å². The largest absolute Gasteiger partial charge is 0.480 e. The first-order valence-electron chi connectivity index (χ1n) is 5.16. The summed E-state index contributed by atoms with van der Waals surface area (Å²) in [6.45, 7) is 1.38. The van der Waals surface area contributed by atoms with Crippen LogP contribution in [0.25, 0.3) is 0 Å². The molecule has 1 saturated heterocycles. The number of carboxylic acid groups (broad SMARTS) is 1. The second kappa shape index (κ2) is 5.05. The van der Waals surface area contributed by atoms with Crippen LogP contribution >= 0.6 is 0 Å². The Bertz CT molecular complexity index is 366. The molecule has 94 valence electrons. The number of amides is 1. The minimum Gasteiger partial charge on any atom is -0.480 e. The summed E-state index contributed by atoms with van der Waals surface area (Å²) in [4.78, 5) is 45.2. The molecule has 17 heavy (non-hydrogen) atoms. The molecule has 3 N–H and O–H groups in total. The topological polar surface area (TPSA) is 118 Å². The van der Waals surface area contributed by atoms with Gasteiger partial charge in [0.25, 0.3) is 0 Å². The molecule has 1 aliphatic rings. The van der Waals surface area contributed by atoms with Gasteiger partial charge in [-0.15, -0.1) is 0 Å². The first-order valence-corrected chi connectivity index (χ1v) is 5.16. The lowest BCUT2D eigenvalue weighted by molar-refractivity contribution is -0.148. The van der Waals surface area contributed by atoms with E-state index in [1.165, 1.54) is 6.92 Å². The summed E-state index contributed by atoms with van der Waals surface area (Å²) in [6.07, 6.45) is 0.120. The minimum absolute atomic E-state index is 0.0363. The Morgan fingerprint density at radius 2 is 2.06 bits per heavy atom. The molecule has 1 amide bonds. The molecular formula is C10H14N2O5. The van der Waals surface area contributed by atoms with Crippen molar-refractivity contribution in [2.45, 2.75) is 25.4 Å². The van der Waals surface area contributed by atoms with Crippen molar-refractivity contribution in [2.24, 2.45) is 11.7 Å². The van der Waals surface area contributed by atoms with Crippen LogP contribution in [0.4, 0.5) is 0 Å². The predicted octanol–water partition coefficient (Wildman–Crippen LogP) is -1.60. The lowest BCUT2D eigenvalue weighted by Gasteiger charge is -2.23. The molecule has 0 aliphatic carbocycles. The standard InChI is InChI=1S/C10H14N2O5/c1-5(11)9(15)12-3-6(8(14)4-13)2-7(12)10(16)17/h4-7H,2-3,11H2,1H3,(H,16,17)/t5-,6?,7-/m0/s1. The van der Waals surface area contributed by atoms with Gasteiger partial charge in [-0.25, -0.2) is 4.79 Å². The van der Waals surface area contributed by atoms with E-state index in [2.05, 4.69) is 0 Å². The van der Waals surface area contributed by atoms with Gasteiger partial charge in [0.2, 0.25) is 5.91 Å². The van der Waals surface area contributed by atoms with E-state index in [9.17, 15) is 19.2 Å². The molecule has 7 heteroatoms. The number of rotatable bonds is 4. The number of Topliss-reactive ketones (excluding diaryl/α,β-unsaturated/α-hetero) is 1. The third-order valence-corrected chi connectivity index (χ3v) is 2.78. The van der Waals surface area contributed by atoms with Gasteiger partial charge in [-0.3, -0.25) is 14.4 Å². The molecule has 0 radical (unpaired) electrons. The number of aliphatic carboxylic acids is 1. The van der Waals surface area contributed by atoms with Gasteiger partial charge < -0.3 is 15.7 Å². The van der Waals surface area contributed by atoms with E-state index in [0.717, 1.165) is 4.90 Å². The molecule has 0 spiro atoms. The highest BCUT2D eigenvalue weighted by Crippen LogP contribution is 2.24. The number of hydrogen-bond donors (Lipinski definition) is 2. The van der Waals surface area contributed by atoms with Crippen LogP contribution < -0.4 is 5.73 Å². The Balaban J connectivity index is 2.88. The third-order valence-electron chi connectivity index (χ3n) is 2.78. The van der Waals surface area contributed by atoms with E-state index in [4.69, 9.17) is 10.8 Å². The fourth-order valence-corrected chi connectivity index (χ4v) is 1.88. The number of carboxylic acids is 1. The van der Waals surface area contributed by atoms with Crippen molar-refractivity contribution in [1.29, 1.82) is 0 Å². The zero-order chi connectivity index (χ0) is 13.2. The van der Waals surface area contributed by atoms with E-state index in [1.807, 2.05) is 0 Å². The SMILES string of the molecule is C[C@H](N)C(=O)N1CC(C(=O)C=O)C[C@H]1C(=O)O. The van der Waals surface area contributed by atoms with Gasteiger partial charge in [0.05, 0.1) is 6.04 Å². The molecule has 1 unspecified atom stereocenters. The maximum absolute atomic E-state index is 11.7. The van der Waals surface area contributed by atoms with E-state index in [0.29, 0.717) is 0 Å². The van der Waals surface area contributed by atoms with Crippen molar-refractivity contribution < 1.29 is 24.3 Å². The number of carbonyl (C=O) groups excluding carboxylic acids is 3. The van der Waals surface area contributed by atoms with Crippen LogP contribution in [-0.4, -0.2) is 52.6 Å². The molecule has 0 bridgehead atoms. The second-order valence-corrected chi connectivity index (χ2v) is 4.09. The zero-order valence-electron chi connectivity index (χ0n) is 9.33. The number of carbonyl (C=O) groups is 4. The summed E-state index contributed by atoms with van der Waals surface area (Å²) in [7, 11) is 0. The van der Waals surface area contributed by atoms with Crippen molar-refractivity contribution >= 4 is 23.9 Å². The van der Waals surface area contributed by atoms with Crippen LogP contribution in [0.3, 0.4) is 0 Å². The van der Waals surface area contributed by atoms with Gasteiger partial charge in [0.15, 0.2) is 12.1 Å². The maximum Gasteiger partial charge on any atom is 0.326 e. The molecule has 0 aromatic rings. The van der Waals surface area contributed by atoms with Gasteiger partial charge in [-0.05, 0) is 13.3 Å². The predicted molar refractivity (Wildman–Crippen MR) is 56.0 cm³/mol. The normalized spacial score (nSPS) is 25.4. The molecule has 7 nitrogen and oxygen atoms in total. The maximum atomic E-state index is 11.7. The number of likely N-dealkylation sites (tertiary alicyclic amines) is 1. The fourth-order valence-electron chi connectivity index (χ4n) is 1.88. The smallest absolute Gasteiger partial charge is 0.326 e. The van der Waals surface area contributed by atoms with Gasteiger partial charge in [0, 0.05) is 12.5 Å². The van der Waals surface area contributed by atoms with E-state index >= 15 is 0 Å². The monoisotopic (exact) mass is 242 g/mol. The van der Waals surface area contributed by atoms with Gasteiger partial charge >= 0.3 is 5.97 Å². The van der Waals surface area contributed by atoms with Gasteiger partial charge in [-0.2, -0.15) is 0 Å². The molecule has 0 aromatic heterocycles. The van der Waals surface area contributed by atoms with Crippen molar-refractivity contribution in [3.05, 3.63) is 0 Å². The summed E-state index contributed by atoms with van der Waals surface area (Å²) in [6, 6.07) is -1.91. The highest BCUT2D eigenvalue weighted by molar-refractivity contribution is 6.26. The highest BCUT2D eigenvalue weighted by atomic mass is 16.4. The summed E-state index contributed by atoms with van der Waals surface area (Å²) >= 11 is 0. The van der Waals surface area contributed by atoms with Crippen LogP contribution in [0, 0.1) is 5.92 Å². The fraction of sp³-hybridized carbons (Fsp3) is 0.600. The highest BCUT2D eigenvalue weighted by Gasteiger charge is 2.42. The number of aldehydes is 1. The van der Waals surface area contributed by atoms with Crippen LogP contribution in [-0.2, 0) is 19.2 Å². The summed E-state index contributed by atoms with van der Waals surface area (Å²) in [5.74, 6) is -3.15. The molecule has 1 heterocycles. The minimum atomic E-state index is -1.19. The molecule has 1 aliphatic heterocycles. The summed E-state index contributed by atoms with van der Waals surface area (Å²) in [5, 5.41) is 8.95. The quantitative estimate of drug-likeness (QED) is 0.453. The van der Waals surface area contributed by atoms with E-state index in [1.54, 1.807) is 0 Å². The molecular weight excluding hydrogens is 228 g/mol. The Morgan fingerprint density at radius 3 is 2.47 bits per heavy atom. The lowest BCUT2D eigenvalue weighted by atomic mass is 10.0. The first-order chi connectivity index (χ1) is 7.88. The Morgan fingerprint density at radius 1 is 1.47 bits per heavy atom. The van der Waals surface area contributed by atoms with Crippen LogP contribution in [0.15, 0.2) is 0 Å². The van der Waals surface area contributed by atoms with Crippen LogP contribution in [0.5, 0.6) is 0 Å². The van der Waals surface area contributed by atoms with Gasteiger partial charge in [0.1, 0.15) is 6.04 Å². The molecule has 0 aromatic carbocycles. The van der Waals surface area contributed by atoms with Crippen molar-refractivity contribution in [2.75, 3.05) is 6.54 Å². The Labute approximate surface area is 97.6 Å². The molecule has 1 rings (SSSR count). The number of nitrogens with zero attached hydrogens (tertiary/aromatic N) is 1. The van der Waals surface area contributed by atoms with Crippen molar-refractivity contribution in [1.82, 2.24) is 4.90 Å². The zero-order valence-corrected chi connectivity index (χ0v) is 9.33. The molecule has 1 fully saturated rings. The number of hydrogen-bond acceptors (Lipinski definition) is 5. The molecule has 0 saturated carbocycles. The average Bonchev–Trinajstić information content (AvgIpc) is 2.71. The van der Waals surface area contributed by atoms with Gasteiger partial charge in [-0.1, -0.05) is 0 Å². The van der Waals surface area contributed by atoms with Crippen molar-refractivity contribution in [3.63, 3.8) is 0 Å². The number of nitrogens with two attached hydrogens (primary N) is 1. The first kappa shape index (κ1) is 13.3. The van der Waals surface area contributed by atoms with Crippen LogP contribution in [0.1, 0.15) is 13.3 Å². The Kier molecular flexibility index (Phi) is 3.95. The van der Waals surface area contributed by atoms with Crippen molar-refractivity contribution in [3.8, 4) is 0 Å². The molecule has 3 atom stereocenters. The summed E-state index contributed by atoms with van der Waals surface area (Å²) < 4.78 is 0. The summed E-state index contributed by atoms with van der Waals surface area (Å²) in [5.41, 5.74) is 5.39. The average molecular weight is 242 g/mol. The van der Waals surface area contributed by atoms with Crippen LogP contribution in [0.2, 0.25) is 0 Å². The number of ketones is 1. The lowest BCUT2D eigenvalue weighted by Crippen LogP contribution is -2.47. The Hall–Kier alpha value is -1.76.